The summed E-state index contributed by atoms with van der Waals surface area (Å²) in [7, 11) is 0. The third-order valence-corrected chi connectivity index (χ3v) is 7.22. The minimum absolute atomic E-state index is 0.0643. The monoisotopic (exact) mass is 575 g/mol. The minimum atomic E-state index is -0.340. The van der Waals surface area contributed by atoms with Crippen LogP contribution in [0.25, 0.3) is 16.9 Å². The smallest absolute Gasteiger partial charge is 0.272 e. The van der Waals surface area contributed by atoms with E-state index in [0.717, 1.165) is 11.5 Å². The average Bonchev–Trinajstić information content (AvgIpc) is 3.46. The van der Waals surface area contributed by atoms with Gasteiger partial charge < -0.3 is 26.0 Å². The van der Waals surface area contributed by atoms with E-state index in [9.17, 15) is 9.90 Å². The zero-order valence-electron chi connectivity index (χ0n) is 23.6. The van der Waals surface area contributed by atoms with E-state index >= 15 is 0 Å². The highest BCUT2D eigenvalue weighted by Gasteiger charge is 2.32. The Morgan fingerprint density at radius 1 is 1.05 bits per heavy atom. The Morgan fingerprint density at radius 3 is 2.70 bits per heavy atom. The lowest BCUT2D eigenvalue weighted by molar-refractivity contribution is 0.0953. The number of nitrogens with zero attached hydrogens (tertiary/aromatic N) is 9. The molecule has 0 bridgehead atoms. The number of amides is 1. The number of hydrogen-bond donors (Lipinski definition) is 3. The van der Waals surface area contributed by atoms with Gasteiger partial charge in [0.2, 0.25) is 5.82 Å². The van der Waals surface area contributed by atoms with Gasteiger partial charge in [-0.1, -0.05) is 18.1 Å². The number of rotatable bonds is 5. The molecule has 1 aliphatic rings. The van der Waals surface area contributed by atoms with E-state index in [1.165, 1.54) is 4.52 Å². The number of nitrogens with one attached hydrogen (secondary N) is 1. The number of nitrogen functional groups attached to an aromatic ring is 1. The Bertz CT molecular complexity index is 1830. The molecule has 0 radical (unpaired) electrons. The highest BCUT2D eigenvalue weighted by Crippen LogP contribution is 2.34. The van der Waals surface area contributed by atoms with E-state index in [1.807, 2.05) is 18.2 Å². The number of piperazine rings is 1. The lowest BCUT2D eigenvalue weighted by Crippen LogP contribution is -2.57. The largest absolute Gasteiger partial charge is 0.507 e. The molecule has 1 aliphatic heterocycles. The Labute approximate surface area is 247 Å². The van der Waals surface area contributed by atoms with Crippen molar-refractivity contribution in [3.63, 3.8) is 0 Å². The molecule has 4 aromatic heterocycles. The van der Waals surface area contributed by atoms with Crippen LogP contribution in [0.2, 0.25) is 0 Å². The van der Waals surface area contributed by atoms with Gasteiger partial charge in [-0.05, 0) is 50.1 Å². The van der Waals surface area contributed by atoms with Crippen molar-refractivity contribution in [2.75, 3.05) is 35.2 Å². The molecule has 1 aromatic carbocycles. The van der Waals surface area contributed by atoms with Gasteiger partial charge in [-0.2, -0.15) is 5.10 Å². The van der Waals surface area contributed by atoms with E-state index in [-0.39, 0.29) is 36.0 Å². The Morgan fingerprint density at radius 2 is 1.86 bits per heavy atom. The topological polar surface area (TPSA) is 164 Å². The molecule has 5 aromatic rings. The summed E-state index contributed by atoms with van der Waals surface area (Å²) in [5.41, 5.74) is 9.04. The summed E-state index contributed by atoms with van der Waals surface area (Å²) in [4.78, 5) is 30.0. The van der Waals surface area contributed by atoms with E-state index < -0.39 is 0 Å². The number of carbonyl (C=O) groups excluding carboxylic acids is 1. The van der Waals surface area contributed by atoms with Crippen molar-refractivity contribution in [2.45, 2.75) is 25.9 Å². The lowest BCUT2D eigenvalue weighted by atomic mass is 10.1. The Balaban J connectivity index is 1.12. The standard InChI is InChI=1S/C30H29N11O2/c1-19-18-40(20(2)17-39(19)24-15-22(36-37-29(24)31)21-7-3-4-8-25(21)42)27-10-13-32-26(35-27)9-5-11-34-30(43)23-16-28-33-12-6-14-41(28)38-23/h3-4,6-8,10,12-16,19-20,42H,11,17-18H2,1-2H3,(H2,31,37)(H,34,43)/t19-,20+/m1/s1. The summed E-state index contributed by atoms with van der Waals surface area (Å²) in [5, 5.41) is 25.7. The van der Waals surface area contributed by atoms with Crippen LogP contribution in [-0.4, -0.2) is 77.5 Å². The van der Waals surface area contributed by atoms with E-state index in [0.29, 0.717) is 41.6 Å². The van der Waals surface area contributed by atoms with Gasteiger partial charge >= 0.3 is 0 Å². The molecule has 13 nitrogen and oxygen atoms in total. The number of phenolic OH excluding ortho intramolecular Hbond substituents is 1. The van der Waals surface area contributed by atoms with Gasteiger partial charge in [-0.15, -0.1) is 10.2 Å². The van der Waals surface area contributed by atoms with E-state index in [4.69, 9.17) is 5.73 Å². The van der Waals surface area contributed by atoms with Crippen molar-refractivity contribution in [1.82, 2.24) is 40.1 Å². The summed E-state index contributed by atoms with van der Waals surface area (Å²) in [6.45, 7) is 5.67. The first-order chi connectivity index (χ1) is 20.9. The highest BCUT2D eigenvalue weighted by molar-refractivity contribution is 5.93. The van der Waals surface area contributed by atoms with Crippen molar-refractivity contribution in [1.29, 1.82) is 0 Å². The third kappa shape index (κ3) is 5.71. The molecule has 1 amide bonds. The molecular formula is C30H29N11O2. The number of aromatic hydroxyl groups is 1. The van der Waals surface area contributed by atoms with Gasteiger partial charge in [0, 0.05) is 55.4 Å². The lowest BCUT2D eigenvalue weighted by Gasteiger charge is -2.45. The number of fused-ring (bicyclic) bond motifs is 1. The first kappa shape index (κ1) is 27.4. The number of benzene rings is 1. The maximum Gasteiger partial charge on any atom is 0.272 e. The molecule has 5 heterocycles. The van der Waals surface area contributed by atoms with Gasteiger partial charge in [0.1, 0.15) is 11.6 Å². The minimum Gasteiger partial charge on any atom is -0.507 e. The van der Waals surface area contributed by atoms with Gasteiger partial charge in [-0.3, -0.25) is 4.79 Å². The normalized spacial score (nSPS) is 16.5. The fourth-order valence-electron chi connectivity index (χ4n) is 5.07. The van der Waals surface area contributed by atoms with Crippen LogP contribution in [0.5, 0.6) is 5.75 Å². The summed E-state index contributed by atoms with van der Waals surface area (Å²) in [6.07, 6.45) is 5.05. The fourth-order valence-corrected chi connectivity index (χ4v) is 5.07. The second kappa shape index (κ2) is 11.6. The first-order valence-corrected chi connectivity index (χ1v) is 13.7. The highest BCUT2D eigenvalue weighted by atomic mass is 16.3. The average molecular weight is 576 g/mol. The maximum atomic E-state index is 12.5. The van der Waals surface area contributed by atoms with Crippen molar-refractivity contribution in [2.24, 2.45) is 0 Å². The SMILES string of the molecule is C[C@@H]1CN(c2ccnc(C#CCNC(=O)c3cc4ncccn4n3)n2)[C@@H](C)CN1c1cc(-c2ccccc2O)nnc1N. The molecule has 43 heavy (non-hydrogen) atoms. The summed E-state index contributed by atoms with van der Waals surface area (Å²) in [6, 6.07) is 14.3. The second-order valence-electron chi connectivity index (χ2n) is 10.2. The Hall–Kier alpha value is -5.77. The van der Waals surface area contributed by atoms with Crippen molar-refractivity contribution in [3.05, 3.63) is 78.6 Å². The zero-order chi connectivity index (χ0) is 29.9. The van der Waals surface area contributed by atoms with Crippen LogP contribution in [-0.2, 0) is 0 Å². The maximum absolute atomic E-state index is 12.5. The summed E-state index contributed by atoms with van der Waals surface area (Å²) < 4.78 is 1.54. The van der Waals surface area contributed by atoms with E-state index in [2.05, 4.69) is 71.1 Å². The first-order valence-electron chi connectivity index (χ1n) is 13.7. The van der Waals surface area contributed by atoms with Crippen LogP contribution in [0.15, 0.2) is 67.1 Å². The number of nitrogens with two attached hydrogens (primary N) is 1. The molecule has 216 valence electrons. The Kier molecular flexibility index (Phi) is 7.40. The zero-order valence-corrected chi connectivity index (χ0v) is 23.6. The fraction of sp³-hybridized carbons (Fsp3) is 0.233. The van der Waals surface area contributed by atoms with Gasteiger partial charge in [0.15, 0.2) is 17.2 Å². The number of para-hydroxylation sites is 1. The molecule has 6 rings (SSSR count). The third-order valence-electron chi connectivity index (χ3n) is 7.22. The van der Waals surface area contributed by atoms with Crippen LogP contribution in [0.1, 0.15) is 30.2 Å². The molecule has 1 saturated heterocycles. The summed E-state index contributed by atoms with van der Waals surface area (Å²) in [5.74, 6) is 7.10. The predicted octanol–water partition coefficient (Wildman–Crippen LogP) is 2.15. The predicted molar refractivity (Wildman–Crippen MR) is 161 cm³/mol. The van der Waals surface area contributed by atoms with E-state index in [1.54, 1.807) is 48.9 Å². The number of anilines is 3. The molecule has 4 N–H and O–H groups in total. The molecule has 0 aliphatic carbocycles. The molecule has 0 saturated carbocycles. The summed E-state index contributed by atoms with van der Waals surface area (Å²) >= 11 is 0. The van der Waals surface area contributed by atoms with Crippen LogP contribution in [0.3, 0.4) is 0 Å². The molecule has 0 unspecified atom stereocenters. The molecule has 13 heteroatoms. The van der Waals surface area contributed by atoms with Crippen LogP contribution in [0.4, 0.5) is 17.3 Å². The number of carbonyl (C=O) groups is 1. The number of aromatic nitrogens is 7. The van der Waals surface area contributed by atoms with Gasteiger partial charge in [-0.25, -0.2) is 19.5 Å². The molecule has 0 spiro atoms. The van der Waals surface area contributed by atoms with Crippen molar-refractivity contribution < 1.29 is 9.90 Å². The van der Waals surface area contributed by atoms with Crippen LogP contribution < -0.4 is 20.9 Å². The second-order valence-corrected chi connectivity index (χ2v) is 10.2. The molecule has 1 fully saturated rings. The number of hydrogen-bond acceptors (Lipinski definition) is 11. The van der Waals surface area contributed by atoms with Crippen molar-refractivity contribution in [3.8, 4) is 28.8 Å². The van der Waals surface area contributed by atoms with Crippen LogP contribution in [0, 0.1) is 11.8 Å². The number of phenols is 1. The quantitative estimate of drug-likeness (QED) is 0.263. The van der Waals surface area contributed by atoms with Crippen LogP contribution >= 0.6 is 0 Å². The van der Waals surface area contributed by atoms with Gasteiger partial charge in [0.05, 0.1) is 17.9 Å². The van der Waals surface area contributed by atoms with Crippen molar-refractivity contribution >= 4 is 28.9 Å². The molecular weight excluding hydrogens is 546 g/mol. The molecule has 2 atom stereocenters. The van der Waals surface area contributed by atoms with Gasteiger partial charge in [0.25, 0.3) is 5.91 Å².